The summed E-state index contributed by atoms with van der Waals surface area (Å²) in [4.78, 5) is 2.18. The molecule has 2 rings (SSSR count). The normalized spacial score (nSPS) is 22.3. The Morgan fingerprint density at radius 1 is 1.50 bits per heavy atom. The number of halogens is 2. The SMILES string of the molecule is N[C@@H]1CCCN(Cc2cccc(Cl)c2F)C1. The Kier molecular flexibility index (Phi) is 3.79. The van der Waals surface area contributed by atoms with Crippen LogP contribution in [0.4, 0.5) is 4.39 Å². The van der Waals surface area contributed by atoms with Crippen molar-refractivity contribution in [3.8, 4) is 0 Å². The lowest BCUT2D eigenvalue weighted by atomic mass is 10.1. The minimum Gasteiger partial charge on any atom is -0.327 e. The van der Waals surface area contributed by atoms with Gasteiger partial charge in [-0.1, -0.05) is 23.7 Å². The van der Waals surface area contributed by atoms with E-state index in [4.69, 9.17) is 17.3 Å². The average molecular weight is 243 g/mol. The molecule has 16 heavy (non-hydrogen) atoms. The predicted molar refractivity (Wildman–Crippen MR) is 63.9 cm³/mol. The molecule has 2 N–H and O–H groups in total. The summed E-state index contributed by atoms with van der Waals surface area (Å²) in [6.07, 6.45) is 2.15. The van der Waals surface area contributed by atoms with Crippen molar-refractivity contribution in [1.82, 2.24) is 4.90 Å². The molecular weight excluding hydrogens is 227 g/mol. The summed E-state index contributed by atoms with van der Waals surface area (Å²) in [7, 11) is 0. The van der Waals surface area contributed by atoms with E-state index in [0.29, 0.717) is 12.1 Å². The summed E-state index contributed by atoms with van der Waals surface area (Å²) in [6.45, 7) is 2.42. The van der Waals surface area contributed by atoms with Crippen LogP contribution in [0.2, 0.25) is 5.02 Å². The van der Waals surface area contributed by atoms with Crippen molar-refractivity contribution in [2.75, 3.05) is 13.1 Å². The van der Waals surface area contributed by atoms with Crippen LogP contribution in [-0.2, 0) is 6.54 Å². The maximum Gasteiger partial charge on any atom is 0.146 e. The van der Waals surface area contributed by atoms with Gasteiger partial charge in [0.2, 0.25) is 0 Å². The number of benzene rings is 1. The summed E-state index contributed by atoms with van der Waals surface area (Å²) in [5.41, 5.74) is 6.54. The Morgan fingerprint density at radius 2 is 2.31 bits per heavy atom. The number of nitrogens with two attached hydrogens (primary N) is 1. The molecule has 1 atom stereocenters. The van der Waals surface area contributed by atoms with Gasteiger partial charge in [0, 0.05) is 24.7 Å². The number of hydrogen-bond donors (Lipinski definition) is 1. The molecule has 0 amide bonds. The highest BCUT2D eigenvalue weighted by Gasteiger charge is 2.18. The smallest absolute Gasteiger partial charge is 0.146 e. The summed E-state index contributed by atoms with van der Waals surface area (Å²) >= 11 is 5.74. The first kappa shape index (κ1) is 11.8. The molecule has 0 radical (unpaired) electrons. The zero-order chi connectivity index (χ0) is 11.5. The van der Waals surface area contributed by atoms with E-state index in [2.05, 4.69) is 4.90 Å². The molecule has 1 aromatic rings. The number of hydrogen-bond acceptors (Lipinski definition) is 2. The highest BCUT2D eigenvalue weighted by molar-refractivity contribution is 6.30. The van der Waals surface area contributed by atoms with Crippen LogP contribution in [0.25, 0.3) is 0 Å². The van der Waals surface area contributed by atoms with Gasteiger partial charge in [-0.2, -0.15) is 0 Å². The van der Waals surface area contributed by atoms with Gasteiger partial charge < -0.3 is 5.73 Å². The van der Waals surface area contributed by atoms with Gasteiger partial charge in [-0.05, 0) is 25.5 Å². The molecular formula is C12H16ClFN2. The molecule has 88 valence electrons. The fourth-order valence-electron chi connectivity index (χ4n) is 2.15. The van der Waals surface area contributed by atoms with Gasteiger partial charge in [0.25, 0.3) is 0 Å². The Bertz CT molecular complexity index is 370. The second-order valence-corrected chi connectivity index (χ2v) is 4.76. The molecule has 4 heteroatoms. The van der Waals surface area contributed by atoms with Crippen molar-refractivity contribution in [3.63, 3.8) is 0 Å². The van der Waals surface area contributed by atoms with E-state index >= 15 is 0 Å². The topological polar surface area (TPSA) is 29.3 Å². The molecule has 0 bridgehead atoms. The first-order valence-electron chi connectivity index (χ1n) is 5.57. The lowest BCUT2D eigenvalue weighted by Gasteiger charge is -2.30. The highest BCUT2D eigenvalue weighted by Crippen LogP contribution is 2.20. The van der Waals surface area contributed by atoms with E-state index in [1.54, 1.807) is 18.2 Å². The van der Waals surface area contributed by atoms with Gasteiger partial charge in [0.05, 0.1) is 5.02 Å². The summed E-state index contributed by atoms with van der Waals surface area (Å²) in [6, 6.07) is 5.35. The number of likely N-dealkylation sites (tertiary alicyclic amines) is 1. The zero-order valence-corrected chi connectivity index (χ0v) is 9.88. The number of piperidine rings is 1. The number of rotatable bonds is 2. The lowest BCUT2D eigenvalue weighted by molar-refractivity contribution is 0.199. The Hall–Kier alpha value is -0.640. The minimum atomic E-state index is -0.302. The molecule has 0 saturated carbocycles. The lowest BCUT2D eigenvalue weighted by Crippen LogP contribution is -2.42. The minimum absolute atomic E-state index is 0.193. The Labute approximate surface area is 100 Å². The monoisotopic (exact) mass is 242 g/mol. The van der Waals surface area contributed by atoms with E-state index < -0.39 is 0 Å². The fourth-order valence-corrected chi connectivity index (χ4v) is 2.34. The molecule has 1 aliphatic heterocycles. The van der Waals surface area contributed by atoms with Crippen molar-refractivity contribution in [3.05, 3.63) is 34.6 Å². The van der Waals surface area contributed by atoms with Crippen LogP contribution in [0.5, 0.6) is 0 Å². The second kappa shape index (κ2) is 5.13. The summed E-state index contributed by atoms with van der Waals surface area (Å²) < 4.78 is 13.7. The molecule has 1 heterocycles. The molecule has 1 aromatic carbocycles. The van der Waals surface area contributed by atoms with E-state index in [9.17, 15) is 4.39 Å². The van der Waals surface area contributed by atoms with Crippen LogP contribution in [-0.4, -0.2) is 24.0 Å². The van der Waals surface area contributed by atoms with Crippen molar-refractivity contribution < 1.29 is 4.39 Å². The van der Waals surface area contributed by atoms with Crippen LogP contribution in [0.1, 0.15) is 18.4 Å². The fraction of sp³-hybridized carbons (Fsp3) is 0.500. The van der Waals surface area contributed by atoms with E-state index in [1.807, 2.05) is 0 Å². The third kappa shape index (κ3) is 2.73. The average Bonchev–Trinajstić information content (AvgIpc) is 2.25. The third-order valence-electron chi connectivity index (χ3n) is 2.97. The zero-order valence-electron chi connectivity index (χ0n) is 9.13. The first-order chi connectivity index (χ1) is 7.66. The molecule has 0 aromatic heterocycles. The van der Waals surface area contributed by atoms with Crippen molar-refractivity contribution >= 4 is 11.6 Å². The Balaban J connectivity index is 2.05. The molecule has 1 fully saturated rings. The van der Waals surface area contributed by atoms with Gasteiger partial charge in [-0.25, -0.2) is 4.39 Å². The van der Waals surface area contributed by atoms with Crippen molar-refractivity contribution in [1.29, 1.82) is 0 Å². The van der Waals surface area contributed by atoms with Gasteiger partial charge in [0.15, 0.2) is 0 Å². The maximum atomic E-state index is 13.7. The first-order valence-corrected chi connectivity index (χ1v) is 5.95. The van der Waals surface area contributed by atoms with Gasteiger partial charge in [-0.3, -0.25) is 4.90 Å². The second-order valence-electron chi connectivity index (χ2n) is 4.35. The van der Waals surface area contributed by atoms with E-state index in [0.717, 1.165) is 25.9 Å². The third-order valence-corrected chi connectivity index (χ3v) is 3.26. The highest BCUT2D eigenvalue weighted by atomic mass is 35.5. The van der Waals surface area contributed by atoms with Gasteiger partial charge in [-0.15, -0.1) is 0 Å². The molecule has 0 spiro atoms. The molecule has 2 nitrogen and oxygen atoms in total. The van der Waals surface area contributed by atoms with Crippen molar-refractivity contribution in [2.45, 2.75) is 25.4 Å². The molecule has 0 unspecified atom stereocenters. The van der Waals surface area contributed by atoms with Crippen molar-refractivity contribution in [2.24, 2.45) is 5.73 Å². The molecule has 1 saturated heterocycles. The van der Waals surface area contributed by atoms with E-state index in [1.165, 1.54) is 0 Å². The predicted octanol–water partition coefficient (Wildman–Crippen LogP) is 2.40. The number of nitrogens with zero attached hydrogens (tertiary/aromatic N) is 1. The van der Waals surface area contributed by atoms with Crippen LogP contribution < -0.4 is 5.73 Å². The van der Waals surface area contributed by atoms with Crippen LogP contribution in [0, 0.1) is 5.82 Å². The molecule has 1 aliphatic rings. The standard InChI is InChI=1S/C12H16ClFN2/c13-11-5-1-3-9(12(11)14)7-16-6-2-4-10(15)8-16/h1,3,5,10H,2,4,6-8,15H2/t10-/m1/s1. The molecule has 0 aliphatic carbocycles. The van der Waals surface area contributed by atoms with Gasteiger partial charge in [0.1, 0.15) is 5.82 Å². The largest absolute Gasteiger partial charge is 0.327 e. The van der Waals surface area contributed by atoms with Gasteiger partial charge >= 0.3 is 0 Å². The Morgan fingerprint density at radius 3 is 3.06 bits per heavy atom. The van der Waals surface area contributed by atoms with E-state index in [-0.39, 0.29) is 16.9 Å². The van der Waals surface area contributed by atoms with Crippen LogP contribution in [0.3, 0.4) is 0 Å². The maximum absolute atomic E-state index is 13.7. The summed E-state index contributed by atoms with van der Waals surface area (Å²) in [5.74, 6) is -0.302. The van der Waals surface area contributed by atoms with Crippen LogP contribution in [0.15, 0.2) is 18.2 Å². The summed E-state index contributed by atoms with van der Waals surface area (Å²) in [5, 5.41) is 0.193. The quantitative estimate of drug-likeness (QED) is 0.863. The van der Waals surface area contributed by atoms with Crippen LogP contribution >= 0.6 is 11.6 Å².